The highest BCUT2D eigenvalue weighted by atomic mass is 16.5. The SMILES string of the molecule is CCCCCCC(C)OC(=O)c1cccc(C(=O)OCCCC)c1. The summed E-state index contributed by atoms with van der Waals surface area (Å²) >= 11 is 0. The van der Waals surface area contributed by atoms with Crippen molar-refractivity contribution in [2.45, 2.75) is 71.8 Å². The summed E-state index contributed by atoms with van der Waals surface area (Å²) in [5.41, 5.74) is 0.775. The molecule has 1 atom stereocenters. The fourth-order valence-electron chi connectivity index (χ4n) is 2.33. The van der Waals surface area contributed by atoms with Crippen molar-refractivity contribution in [2.24, 2.45) is 0 Å². The van der Waals surface area contributed by atoms with Gasteiger partial charge in [-0.05, 0) is 44.4 Å². The van der Waals surface area contributed by atoms with E-state index in [4.69, 9.17) is 9.47 Å². The van der Waals surface area contributed by atoms with Crippen LogP contribution < -0.4 is 0 Å². The Morgan fingerprint density at radius 1 is 0.958 bits per heavy atom. The molecule has 0 heterocycles. The molecule has 4 heteroatoms. The van der Waals surface area contributed by atoms with E-state index >= 15 is 0 Å². The highest BCUT2D eigenvalue weighted by Crippen LogP contribution is 2.13. The Labute approximate surface area is 145 Å². The molecule has 0 aliphatic carbocycles. The number of hydrogen-bond acceptors (Lipinski definition) is 4. The standard InChI is InChI=1S/C20H30O4/c1-4-6-8-9-11-16(3)24-20(22)18-13-10-12-17(15-18)19(21)23-14-7-5-2/h10,12-13,15-16H,4-9,11,14H2,1-3H3. The molecule has 24 heavy (non-hydrogen) atoms. The first-order chi connectivity index (χ1) is 11.6. The van der Waals surface area contributed by atoms with Gasteiger partial charge in [-0.3, -0.25) is 0 Å². The summed E-state index contributed by atoms with van der Waals surface area (Å²) in [6.07, 6.45) is 7.18. The van der Waals surface area contributed by atoms with Gasteiger partial charge in [-0.1, -0.05) is 45.6 Å². The molecule has 0 radical (unpaired) electrons. The molecule has 4 nitrogen and oxygen atoms in total. The van der Waals surface area contributed by atoms with E-state index in [0.29, 0.717) is 17.7 Å². The Balaban J connectivity index is 2.52. The third kappa shape index (κ3) is 7.62. The van der Waals surface area contributed by atoms with Crippen molar-refractivity contribution < 1.29 is 19.1 Å². The molecule has 0 aromatic heterocycles. The van der Waals surface area contributed by atoms with Gasteiger partial charge in [0, 0.05) is 0 Å². The van der Waals surface area contributed by atoms with Crippen molar-refractivity contribution in [2.75, 3.05) is 6.61 Å². The third-order valence-electron chi connectivity index (χ3n) is 3.84. The lowest BCUT2D eigenvalue weighted by molar-refractivity contribution is 0.0319. The number of carbonyl (C=O) groups is 2. The van der Waals surface area contributed by atoms with Gasteiger partial charge in [0.1, 0.15) is 0 Å². The Bertz CT molecular complexity index is 510. The maximum atomic E-state index is 12.2. The zero-order chi connectivity index (χ0) is 17.8. The first-order valence-corrected chi connectivity index (χ1v) is 9.06. The molecule has 0 spiro atoms. The van der Waals surface area contributed by atoms with Gasteiger partial charge in [0.2, 0.25) is 0 Å². The fourth-order valence-corrected chi connectivity index (χ4v) is 2.33. The molecule has 1 unspecified atom stereocenters. The summed E-state index contributed by atoms with van der Waals surface area (Å²) in [6.45, 7) is 6.52. The quantitative estimate of drug-likeness (QED) is 0.414. The fraction of sp³-hybridized carbons (Fsp3) is 0.600. The van der Waals surface area contributed by atoms with Gasteiger partial charge in [-0.2, -0.15) is 0 Å². The van der Waals surface area contributed by atoms with E-state index in [1.807, 2.05) is 13.8 Å². The lowest BCUT2D eigenvalue weighted by Crippen LogP contribution is -2.16. The van der Waals surface area contributed by atoms with Crippen molar-refractivity contribution >= 4 is 11.9 Å². The van der Waals surface area contributed by atoms with Crippen molar-refractivity contribution in [1.29, 1.82) is 0 Å². The van der Waals surface area contributed by atoms with Crippen LogP contribution in [0.3, 0.4) is 0 Å². The van der Waals surface area contributed by atoms with E-state index in [1.165, 1.54) is 12.8 Å². The van der Waals surface area contributed by atoms with E-state index in [-0.39, 0.29) is 12.1 Å². The van der Waals surface area contributed by atoms with Gasteiger partial charge >= 0.3 is 11.9 Å². The van der Waals surface area contributed by atoms with Gasteiger partial charge in [-0.25, -0.2) is 9.59 Å². The lowest BCUT2D eigenvalue weighted by atomic mass is 10.1. The van der Waals surface area contributed by atoms with E-state index in [2.05, 4.69) is 6.92 Å². The molecule has 1 aromatic carbocycles. The maximum Gasteiger partial charge on any atom is 0.338 e. The van der Waals surface area contributed by atoms with Gasteiger partial charge in [-0.15, -0.1) is 0 Å². The van der Waals surface area contributed by atoms with Crippen LogP contribution in [0.25, 0.3) is 0 Å². The van der Waals surface area contributed by atoms with E-state index in [9.17, 15) is 9.59 Å². The number of ether oxygens (including phenoxy) is 2. The minimum Gasteiger partial charge on any atom is -0.462 e. The second-order valence-electron chi connectivity index (χ2n) is 6.14. The summed E-state index contributed by atoms with van der Waals surface area (Å²) in [5.74, 6) is -0.785. The highest BCUT2D eigenvalue weighted by molar-refractivity contribution is 5.95. The summed E-state index contributed by atoms with van der Waals surface area (Å²) in [6, 6.07) is 6.54. The smallest absolute Gasteiger partial charge is 0.338 e. The maximum absolute atomic E-state index is 12.2. The molecule has 1 rings (SSSR count). The van der Waals surface area contributed by atoms with Crippen LogP contribution in [0.4, 0.5) is 0 Å². The normalized spacial score (nSPS) is 11.8. The number of hydrogen-bond donors (Lipinski definition) is 0. The zero-order valence-corrected chi connectivity index (χ0v) is 15.2. The molecule has 0 saturated heterocycles. The Morgan fingerprint density at radius 3 is 2.29 bits per heavy atom. The Hall–Kier alpha value is -1.84. The van der Waals surface area contributed by atoms with E-state index in [1.54, 1.807) is 24.3 Å². The zero-order valence-electron chi connectivity index (χ0n) is 15.2. The molecule has 0 aliphatic rings. The number of esters is 2. The van der Waals surface area contributed by atoms with Gasteiger partial charge in [0.15, 0.2) is 0 Å². The van der Waals surface area contributed by atoms with Crippen LogP contribution in [0.2, 0.25) is 0 Å². The molecule has 1 aromatic rings. The number of rotatable bonds is 11. The molecule has 0 saturated carbocycles. The van der Waals surface area contributed by atoms with Gasteiger partial charge in [0.05, 0.1) is 23.8 Å². The topological polar surface area (TPSA) is 52.6 Å². The van der Waals surface area contributed by atoms with Crippen LogP contribution in [0.5, 0.6) is 0 Å². The second-order valence-corrected chi connectivity index (χ2v) is 6.14. The van der Waals surface area contributed by atoms with Crippen LogP contribution in [0.15, 0.2) is 24.3 Å². The first-order valence-electron chi connectivity index (χ1n) is 9.06. The number of benzene rings is 1. The lowest BCUT2D eigenvalue weighted by Gasteiger charge is -2.13. The molecule has 0 aliphatic heterocycles. The predicted molar refractivity (Wildman–Crippen MR) is 95.3 cm³/mol. The summed E-state index contributed by atoms with van der Waals surface area (Å²) < 4.78 is 10.6. The summed E-state index contributed by atoms with van der Waals surface area (Å²) in [4.78, 5) is 24.1. The van der Waals surface area contributed by atoms with Crippen LogP contribution in [0, 0.1) is 0 Å². The van der Waals surface area contributed by atoms with Gasteiger partial charge in [0.25, 0.3) is 0 Å². The number of unbranched alkanes of at least 4 members (excludes halogenated alkanes) is 4. The minimum absolute atomic E-state index is 0.116. The average Bonchev–Trinajstić information content (AvgIpc) is 2.59. The molecule has 134 valence electrons. The van der Waals surface area contributed by atoms with Crippen LogP contribution in [-0.2, 0) is 9.47 Å². The van der Waals surface area contributed by atoms with Gasteiger partial charge < -0.3 is 9.47 Å². The summed E-state index contributed by atoms with van der Waals surface area (Å²) in [5, 5.41) is 0. The van der Waals surface area contributed by atoms with Crippen molar-refractivity contribution in [3.63, 3.8) is 0 Å². The van der Waals surface area contributed by atoms with E-state index in [0.717, 1.165) is 32.1 Å². The molecule has 0 bridgehead atoms. The number of carbonyl (C=O) groups excluding carboxylic acids is 2. The largest absolute Gasteiger partial charge is 0.462 e. The molecule has 0 amide bonds. The van der Waals surface area contributed by atoms with E-state index < -0.39 is 5.97 Å². The first kappa shape index (κ1) is 20.2. The van der Waals surface area contributed by atoms with Crippen molar-refractivity contribution in [3.8, 4) is 0 Å². The third-order valence-corrected chi connectivity index (χ3v) is 3.84. The predicted octanol–water partition coefficient (Wildman–Crippen LogP) is 5.16. The van der Waals surface area contributed by atoms with Crippen molar-refractivity contribution in [1.82, 2.24) is 0 Å². The average molecular weight is 334 g/mol. The van der Waals surface area contributed by atoms with Crippen LogP contribution >= 0.6 is 0 Å². The monoisotopic (exact) mass is 334 g/mol. The van der Waals surface area contributed by atoms with Crippen LogP contribution in [-0.4, -0.2) is 24.6 Å². The Kier molecular flexibility index (Phi) is 9.81. The summed E-state index contributed by atoms with van der Waals surface area (Å²) in [7, 11) is 0. The molecular formula is C20H30O4. The highest BCUT2D eigenvalue weighted by Gasteiger charge is 2.15. The molecule has 0 fully saturated rings. The molecular weight excluding hydrogens is 304 g/mol. The van der Waals surface area contributed by atoms with Crippen molar-refractivity contribution in [3.05, 3.63) is 35.4 Å². The minimum atomic E-state index is -0.397. The van der Waals surface area contributed by atoms with Crippen LogP contribution in [0.1, 0.15) is 86.4 Å². The second kappa shape index (κ2) is 11.7. The molecule has 0 N–H and O–H groups in total. The Morgan fingerprint density at radius 2 is 1.62 bits per heavy atom.